The summed E-state index contributed by atoms with van der Waals surface area (Å²) < 4.78 is 1.77. The SMILES string of the molecule is CCCNc1cc(C(C)C)nc2nc(-c3cccnc3)nn12. The van der Waals surface area contributed by atoms with Crippen LogP contribution in [0, 0.1) is 0 Å². The molecule has 0 aliphatic heterocycles. The lowest BCUT2D eigenvalue weighted by Crippen LogP contribution is -2.09. The van der Waals surface area contributed by atoms with E-state index >= 15 is 0 Å². The molecule has 6 nitrogen and oxygen atoms in total. The minimum atomic E-state index is 0.339. The smallest absolute Gasteiger partial charge is 0.254 e. The number of rotatable bonds is 5. The quantitative estimate of drug-likeness (QED) is 0.783. The van der Waals surface area contributed by atoms with Crippen molar-refractivity contribution in [2.45, 2.75) is 33.1 Å². The van der Waals surface area contributed by atoms with Crippen molar-refractivity contribution in [3.8, 4) is 11.4 Å². The van der Waals surface area contributed by atoms with E-state index in [0.29, 0.717) is 17.5 Å². The zero-order valence-corrected chi connectivity index (χ0v) is 13.1. The zero-order chi connectivity index (χ0) is 15.5. The van der Waals surface area contributed by atoms with Crippen molar-refractivity contribution in [1.29, 1.82) is 0 Å². The van der Waals surface area contributed by atoms with Gasteiger partial charge in [-0.2, -0.15) is 9.50 Å². The minimum Gasteiger partial charge on any atom is -0.370 e. The highest BCUT2D eigenvalue weighted by atomic mass is 15.4. The molecule has 3 rings (SSSR count). The van der Waals surface area contributed by atoms with Gasteiger partial charge in [0.2, 0.25) is 0 Å². The van der Waals surface area contributed by atoms with Crippen LogP contribution in [0.2, 0.25) is 0 Å². The van der Waals surface area contributed by atoms with Crippen LogP contribution in [0.15, 0.2) is 30.6 Å². The Morgan fingerprint density at radius 2 is 2.14 bits per heavy atom. The van der Waals surface area contributed by atoms with E-state index in [-0.39, 0.29) is 0 Å². The van der Waals surface area contributed by atoms with Gasteiger partial charge in [0.1, 0.15) is 5.82 Å². The average molecular weight is 296 g/mol. The lowest BCUT2D eigenvalue weighted by atomic mass is 10.1. The van der Waals surface area contributed by atoms with Crippen LogP contribution in [-0.2, 0) is 0 Å². The Morgan fingerprint density at radius 3 is 2.82 bits per heavy atom. The fourth-order valence-electron chi connectivity index (χ4n) is 2.18. The summed E-state index contributed by atoms with van der Waals surface area (Å²) in [7, 11) is 0. The first-order valence-corrected chi connectivity index (χ1v) is 7.61. The second kappa shape index (κ2) is 6.09. The molecule has 0 amide bonds. The van der Waals surface area contributed by atoms with Crippen molar-refractivity contribution in [3.05, 3.63) is 36.3 Å². The molecule has 0 aliphatic rings. The second-order valence-electron chi connectivity index (χ2n) is 5.54. The largest absolute Gasteiger partial charge is 0.370 e. The summed E-state index contributed by atoms with van der Waals surface area (Å²) in [6, 6.07) is 5.88. The average Bonchev–Trinajstić information content (AvgIpc) is 2.97. The molecule has 0 radical (unpaired) electrons. The summed E-state index contributed by atoms with van der Waals surface area (Å²) in [5.41, 5.74) is 1.90. The molecule has 0 atom stereocenters. The van der Waals surface area contributed by atoms with E-state index in [9.17, 15) is 0 Å². The van der Waals surface area contributed by atoms with E-state index < -0.39 is 0 Å². The number of aromatic nitrogens is 5. The number of pyridine rings is 1. The van der Waals surface area contributed by atoms with E-state index in [1.165, 1.54) is 0 Å². The maximum absolute atomic E-state index is 4.62. The minimum absolute atomic E-state index is 0.339. The molecule has 0 fully saturated rings. The standard InChI is InChI=1S/C16H20N6/c1-4-7-18-14-9-13(11(2)3)19-16-20-15(21-22(14)16)12-6-5-8-17-10-12/h5-6,8-11,18H,4,7H2,1-3H3. The van der Waals surface area contributed by atoms with Gasteiger partial charge in [0.25, 0.3) is 5.78 Å². The van der Waals surface area contributed by atoms with Crippen molar-refractivity contribution in [2.24, 2.45) is 0 Å². The molecule has 114 valence electrons. The lowest BCUT2D eigenvalue weighted by molar-refractivity contribution is 0.805. The second-order valence-corrected chi connectivity index (χ2v) is 5.54. The number of anilines is 1. The normalized spacial score (nSPS) is 11.3. The molecule has 0 aliphatic carbocycles. The summed E-state index contributed by atoms with van der Waals surface area (Å²) in [6.07, 6.45) is 4.55. The maximum Gasteiger partial charge on any atom is 0.254 e. The summed E-state index contributed by atoms with van der Waals surface area (Å²) in [4.78, 5) is 13.3. The third-order valence-electron chi connectivity index (χ3n) is 3.40. The number of nitrogens with one attached hydrogen (secondary N) is 1. The fourth-order valence-corrected chi connectivity index (χ4v) is 2.18. The molecule has 3 aromatic rings. The van der Waals surface area contributed by atoms with Crippen LogP contribution in [0.5, 0.6) is 0 Å². The van der Waals surface area contributed by atoms with Crippen LogP contribution in [0.1, 0.15) is 38.8 Å². The van der Waals surface area contributed by atoms with Gasteiger partial charge in [-0.15, -0.1) is 5.10 Å². The van der Waals surface area contributed by atoms with Crippen LogP contribution < -0.4 is 5.32 Å². The molecule has 3 aromatic heterocycles. The van der Waals surface area contributed by atoms with Crippen molar-refractivity contribution in [2.75, 3.05) is 11.9 Å². The Hall–Kier alpha value is -2.50. The van der Waals surface area contributed by atoms with Crippen molar-refractivity contribution in [3.63, 3.8) is 0 Å². The van der Waals surface area contributed by atoms with Gasteiger partial charge in [-0.1, -0.05) is 20.8 Å². The van der Waals surface area contributed by atoms with Crippen LogP contribution in [0.25, 0.3) is 17.2 Å². The first kappa shape index (κ1) is 14.4. The highest BCUT2D eigenvalue weighted by Crippen LogP contribution is 2.21. The first-order valence-electron chi connectivity index (χ1n) is 7.61. The van der Waals surface area contributed by atoms with Gasteiger partial charge in [-0.25, -0.2) is 4.98 Å². The van der Waals surface area contributed by atoms with Crippen molar-refractivity contribution in [1.82, 2.24) is 24.6 Å². The molecular weight excluding hydrogens is 276 g/mol. The van der Waals surface area contributed by atoms with Crippen molar-refractivity contribution < 1.29 is 0 Å². The Morgan fingerprint density at radius 1 is 1.27 bits per heavy atom. The van der Waals surface area contributed by atoms with E-state index in [1.54, 1.807) is 16.9 Å². The Bertz CT molecular complexity index is 763. The lowest BCUT2D eigenvalue weighted by Gasteiger charge is -2.10. The summed E-state index contributed by atoms with van der Waals surface area (Å²) in [5.74, 6) is 2.52. The molecule has 1 N–H and O–H groups in total. The van der Waals surface area contributed by atoms with Gasteiger partial charge >= 0.3 is 0 Å². The Kier molecular flexibility index (Phi) is 4.00. The number of nitrogens with zero attached hydrogens (tertiary/aromatic N) is 5. The molecule has 22 heavy (non-hydrogen) atoms. The molecule has 3 heterocycles. The first-order chi connectivity index (χ1) is 10.7. The van der Waals surface area contributed by atoms with Gasteiger partial charge in [0, 0.05) is 30.6 Å². The number of hydrogen-bond donors (Lipinski definition) is 1. The summed E-state index contributed by atoms with van der Waals surface area (Å²) in [5, 5.41) is 7.98. The van der Waals surface area contributed by atoms with E-state index in [0.717, 1.165) is 30.0 Å². The molecule has 6 heteroatoms. The third kappa shape index (κ3) is 2.77. The summed E-state index contributed by atoms with van der Waals surface area (Å²) in [6.45, 7) is 7.28. The molecule has 0 saturated carbocycles. The Labute approximate surface area is 129 Å². The van der Waals surface area contributed by atoms with Gasteiger partial charge in [0.05, 0.1) is 5.69 Å². The van der Waals surface area contributed by atoms with E-state index in [4.69, 9.17) is 0 Å². The van der Waals surface area contributed by atoms with Gasteiger partial charge in [-0.3, -0.25) is 4.98 Å². The van der Waals surface area contributed by atoms with Crippen LogP contribution in [0.4, 0.5) is 5.82 Å². The maximum atomic E-state index is 4.62. The summed E-state index contributed by atoms with van der Waals surface area (Å²) >= 11 is 0. The van der Waals surface area contributed by atoms with Gasteiger partial charge in [-0.05, 0) is 24.5 Å². The molecular formula is C16H20N6. The molecule has 0 aromatic carbocycles. The van der Waals surface area contributed by atoms with Crippen molar-refractivity contribution >= 4 is 11.6 Å². The zero-order valence-electron chi connectivity index (χ0n) is 13.1. The number of fused-ring (bicyclic) bond motifs is 1. The third-order valence-corrected chi connectivity index (χ3v) is 3.40. The molecule has 0 spiro atoms. The molecule has 0 unspecified atom stereocenters. The van der Waals surface area contributed by atoms with Gasteiger partial charge < -0.3 is 5.32 Å². The number of hydrogen-bond acceptors (Lipinski definition) is 5. The predicted molar refractivity (Wildman–Crippen MR) is 86.9 cm³/mol. The fraction of sp³-hybridized carbons (Fsp3) is 0.375. The Balaban J connectivity index is 2.12. The molecule has 0 saturated heterocycles. The predicted octanol–water partition coefficient (Wildman–Crippen LogP) is 3.13. The monoisotopic (exact) mass is 296 g/mol. The van der Waals surface area contributed by atoms with Crippen LogP contribution in [-0.4, -0.2) is 31.1 Å². The van der Waals surface area contributed by atoms with Gasteiger partial charge in [0.15, 0.2) is 5.82 Å². The van der Waals surface area contributed by atoms with E-state index in [1.807, 2.05) is 12.1 Å². The topological polar surface area (TPSA) is 68.0 Å². The highest BCUT2D eigenvalue weighted by molar-refractivity contribution is 5.57. The van der Waals surface area contributed by atoms with Crippen LogP contribution in [0.3, 0.4) is 0 Å². The highest BCUT2D eigenvalue weighted by Gasteiger charge is 2.13. The molecule has 0 bridgehead atoms. The van der Waals surface area contributed by atoms with Crippen LogP contribution >= 0.6 is 0 Å². The van der Waals surface area contributed by atoms with E-state index in [2.05, 4.69) is 52.2 Å².